The Bertz CT molecular complexity index is 626. The van der Waals surface area contributed by atoms with E-state index in [2.05, 4.69) is 10.6 Å². The summed E-state index contributed by atoms with van der Waals surface area (Å²) in [5.41, 5.74) is 6.16. The second-order valence-corrected chi connectivity index (χ2v) is 6.44. The van der Waals surface area contributed by atoms with Gasteiger partial charge in [-0.3, -0.25) is 4.79 Å². The van der Waals surface area contributed by atoms with Crippen molar-refractivity contribution in [1.29, 1.82) is 0 Å². The predicted octanol–water partition coefficient (Wildman–Crippen LogP) is -0.00480. The smallest absolute Gasteiger partial charge is 0.242 e. The van der Waals surface area contributed by atoms with Gasteiger partial charge < -0.3 is 16.4 Å². The topological polar surface area (TPSA) is 127 Å². The zero-order valence-electron chi connectivity index (χ0n) is 11.1. The van der Waals surface area contributed by atoms with Crippen LogP contribution in [0.15, 0.2) is 23.1 Å². The molecule has 8 heteroatoms. The second kappa shape index (κ2) is 5.29. The van der Waals surface area contributed by atoms with E-state index in [0.29, 0.717) is 5.69 Å². The molecule has 0 heterocycles. The van der Waals surface area contributed by atoms with Crippen molar-refractivity contribution in [2.24, 2.45) is 5.14 Å². The minimum absolute atomic E-state index is 0.0149. The highest BCUT2D eigenvalue weighted by molar-refractivity contribution is 7.89. The number of hydrogen-bond donors (Lipinski definition) is 4. The van der Waals surface area contributed by atoms with Crippen LogP contribution in [0.4, 0.5) is 11.4 Å². The van der Waals surface area contributed by atoms with Crippen molar-refractivity contribution in [2.45, 2.75) is 36.7 Å². The molecule has 0 bridgehead atoms. The van der Waals surface area contributed by atoms with Gasteiger partial charge in [0.25, 0.3) is 0 Å². The van der Waals surface area contributed by atoms with Crippen LogP contribution < -0.4 is 21.5 Å². The summed E-state index contributed by atoms with van der Waals surface area (Å²) in [5, 5.41) is 10.8. The summed E-state index contributed by atoms with van der Waals surface area (Å²) in [4.78, 5) is 11.7. The number of carbonyl (C=O) groups is 1. The summed E-state index contributed by atoms with van der Waals surface area (Å²) in [6.45, 7) is 1.68. The molecule has 1 atom stereocenters. The molecule has 1 aromatic rings. The first-order chi connectivity index (χ1) is 9.29. The lowest BCUT2D eigenvalue weighted by Crippen LogP contribution is -2.38. The van der Waals surface area contributed by atoms with Gasteiger partial charge in [0.15, 0.2) is 0 Å². The lowest BCUT2D eigenvalue weighted by atomic mass is 10.2. The van der Waals surface area contributed by atoms with E-state index in [1.165, 1.54) is 12.1 Å². The first-order valence-corrected chi connectivity index (χ1v) is 7.82. The van der Waals surface area contributed by atoms with Crippen molar-refractivity contribution in [3.05, 3.63) is 18.2 Å². The second-order valence-electron chi connectivity index (χ2n) is 4.91. The maximum absolute atomic E-state index is 11.8. The molecule has 1 unspecified atom stereocenters. The number of amides is 1. The van der Waals surface area contributed by atoms with E-state index in [4.69, 9.17) is 10.9 Å². The molecule has 1 saturated carbocycles. The number of rotatable bonds is 5. The number of nitrogen functional groups attached to an aromatic ring is 1. The number of carbonyl (C=O) groups excluding carboxylic acids is 1. The van der Waals surface area contributed by atoms with E-state index < -0.39 is 16.1 Å². The van der Waals surface area contributed by atoms with Crippen molar-refractivity contribution in [3.63, 3.8) is 0 Å². The Morgan fingerprint density at radius 2 is 2.05 bits per heavy atom. The van der Waals surface area contributed by atoms with Gasteiger partial charge in [-0.15, -0.1) is 0 Å². The summed E-state index contributed by atoms with van der Waals surface area (Å²) in [6.07, 6.45) is 2.00. The maximum Gasteiger partial charge on any atom is 0.242 e. The van der Waals surface area contributed by atoms with Crippen molar-refractivity contribution in [1.82, 2.24) is 5.32 Å². The third-order valence-electron chi connectivity index (χ3n) is 3.06. The van der Waals surface area contributed by atoms with Crippen LogP contribution in [0.5, 0.6) is 0 Å². The zero-order chi connectivity index (χ0) is 14.9. The molecule has 2 rings (SSSR count). The van der Waals surface area contributed by atoms with E-state index in [9.17, 15) is 13.2 Å². The van der Waals surface area contributed by atoms with Gasteiger partial charge in [-0.1, -0.05) is 6.07 Å². The first kappa shape index (κ1) is 14.6. The number of anilines is 2. The number of para-hydroxylation sites is 1. The molecule has 110 valence electrons. The highest BCUT2D eigenvalue weighted by Crippen LogP contribution is 2.26. The quantitative estimate of drug-likeness (QED) is 0.569. The molecule has 1 amide bonds. The van der Waals surface area contributed by atoms with Gasteiger partial charge in [0, 0.05) is 6.04 Å². The number of primary sulfonamides is 1. The van der Waals surface area contributed by atoms with Crippen LogP contribution in [0, 0.1) is 0 Å². The Morgan fingerprint density at radius 3 is 2.60 bits per heavy atom. The SMILES string of the molecule is CC(Nc1cccc(S(N)(=O)=O)c1N)C(=O)NC1CC1. The van der Waals surface area contributed by atoms with Crippen LogP contribution in [0.25, 0.3) is 0 Å². The van der Waals surface area contributed by atoms with Gasteiger partial charge in [-0.25, -0.2) is 13.6 Å². The van der Waals surface area contributed by atoms with E-state index in [1.54, 1.807) is 13.0 Å². The minimum atomic E-state index is -3.89. The van der Waals surface area contributed by atoms with E-state index in [1.807, 2.05) is 0 Å². The molecule has 1 fully saturated rings. The average molecular weight is 298 g/mol. The summed E-state index contributed by atoms with van der Waals surface area (Å²) >= 11 is 0. The molecule has 0 aliphatic heterocycles. The number of nitrogens with two attached hydrogens (primary N) is 2. The van der Waals surface area contributed by atoms with E-state index >= 15 is 0 Å². The molecule has 0 spiro atoms. The molecule has 0 saturated heterocycles. The summed E-state index contributed by atoms with van der Waals surface area (Å²) in [6, 6.07) is 4.19. The highest BCUT2D eigenvalue weighted by atomic mass is 32.2. The fourth-order valence-electron chi connectivity index (χ4n) is 1.77. The predicted molar refractivity (Wildman–Crippen MR) is 76.5 cm³/mol. The molecule has 0 radical (unpaired) electrons. The monoisotopic (exact) mass is 298 g/mol. The van der Waals surface area contributed by atoms with Crippen molar-refractivity contribution < 1.29 is 13.2 Å². The Kier molecular flexibility index (Phi) is 3.87. The molecule has 1 aliphatic rings. The maximum atomic E-state index is 11.8. The molecular formula is C12H18N4O3S. The number of nitrogens with one attached hydrogen (secondary N) is 2. The molecule has 0 aromatic heterocycles. The van der Waals surface area contributed by atoms with Crippen LogP contribution in [0.1, 0.15) is 19.8 Å². The number of sulfonamides is 1. The molecule has 1 aliphatic carbocycles. The van der Waals surface area contributed by atoms with Crippen LogP contribution in [0.2, 0.25) is 0 Å². The average Bonchev–Trinajstić information content (AvgIpc) is 3.14. The van der Waals surface area contributed by atoms with Crippen molar-refractivity contribution in [3.8, 4) is 0 Å². The fourth-order valence-corrected chi connectivity index (χ4v) is 2.46. The zero-order valence-corrected chi connectivity index (χ0v) is 11.9. The van der Waals surface area contributed by atoms with Crippen molar-refractivity contribution in [2.75, 3.05) is 11.1 Å². The Morgan fingerprint density at radius 1 is 1.40 bits per heavy atom. The third kappa shape index (κ3) is 3.40. The largest absolute Gasteiger partial charge is 0.396 e. The standard InChI is InChI=1S/C12H18N4O3S/c1-7(12(17)16-8-5-6-8)15-9-3-2-4-10(11(9)13)20(14,18)19/h2-4,7-8,15H,5-6,13H2,1H3,(H,16,17)(H2,14,18,19). The summed E-state index contributed by atoms with van der Waals surface area (Å²) in [5.74, 6) is -0.145. The van der Waals surface area contributed by atoms with E-state index in [-0.39, 0.29) is 22.5 Å². The lowest BCUT2D eigenvalue weighted by molar-refractivity contribution is -0.121. The van der Waals surface area contributed by atoms with Crippen LogP contribution in [-0.4, -0.2) is 26.4 Å². The molecule has 6 N–H and O–H groups in total. The molecular weight excluding hydrogens is 280 g/mol. The highest BCUT2D eigenvalue weighted by Gasteiger charge is 2.26. The number of hydrogen-bond acceptors (Lipinski definition) is 5. The number of benzene rings is 1. The van der Waals surface area contributed by atoms with Gasteiger partial charge in [0.1, 0.15) is 10.9 Å². The van der Waals surface area contributed by atoms with Crippen LogP contribution in [-0.2, 0) is 14.8 Å². The minimum Gasteiger partial charge on any atom is -0.396 e. The fraction of sp³-hybridized carbons (Fsp3) is 0.417. The van der Waals surface area contributed by atoms with Crippen molar-refractivity contribution >= 4 is 27.3 Å². The van der Waals surface area contributed by atoms with Crippen LogP contribution >= 0.6 is 0 Å². The molecule has 1 aromatic carbocycles. The first-order valence-electron chi connectivity index (χ1n) is 6.27. The molecule has 7 nitrogen and oxygen atoms in total. The third-order valence-corrected chi connectivity index (χ3v) is 4.03. The normalized spacial score (nSPS) is 16.5. The van der Waals surface area contributed by atoms with Gasteiger partial charge in [-0.2, -0.15) is 0 Å². The van der Waals surface area contributed by atoms with Gasteiger partial charge in [0.05, 0.1) is 11.4 Å². The summed E-state index contributed by atoms with van der Waals surface area (Å²) in [7, 11) is -3.89. The summed E-state index contributed by atoms with van der Waals surface area (Å²) < 4.78 is 22.7. The van der Waals surface area contributed by atoms with E-state index in [0.717, 1.165) is 12.8 Å². The Hall–Kier alpha value is -1.80. The molecule has 20 heavy (non-hydrogen) atoms. The van der Waals surface area contributed by atoms with Gasteiger partial charge in [-0.05, 0) is 31.9 Å². The Labute approximate surface area is 117 Å². The van der Waals surface area contributed by atoms with Crippen LogP contribution in [0.3, 0.4) is 0 Å². The Balaban J connectivity index is 2.14. The lowest BCUT2D eigenvalue weighted by Gasteiger charge is -2.17. The van der Waals surface area contributed by atoms with Gasteiger partial charge >= 0.3 is 0 Å². The van der Waals surface area contributed by atoms with Gasteiger partial charge in [0.2, 0.25) is 15.9 Å².